The molecule has 0 saturated carbocycles. The molecule has 0 aliphatic heterocycles. The topological polar surface area (TPSA) is 80.3 Å². The molecule has 0 atom stereocenters. The van der Waals surface area contributed by atoms with Gasteiger partial charge >= 0.3 is 10.2 Å². The molecule has 2 aromatic carbocycles. The van der Waals surface area contributed by atoms with E-state index in [1.807, 2.05) is 75.4 Å². The molecule has 1 aromatic heterocycles. The second kappa shape index (κ2) is 9.93. The monoisotopic (exact) mass is 467 g/mol. The summed E-state index contributed by atoms with van der Waals surface area (Å²) in [5.74, 6) is 0.971. The molecule has 0 fully saturated rings. The maximum Gasteiger partial charge on any atom is 0.300 e. The average Bonchev–Trinajstić information content (AvgIpc) is 2.76. The van der Waals surface area contributed by atoms with Crippen LogP contribution in [0.3, 0.4) is 0 Å². The Bertz CT molecular complexity index is 1200. The first-order valence-corrected chi connectivity index (χ1v) is 12.5. The third-order valence-electron chi connectivity index (χ3n) is 5.61. The highest BCUT2D eigenvalue weighted by molar-refractivity contribution is 7.90. The van der Waals surface area contributed by atoms with Gasteiger partial charge in [-0.05, 0) is 54.0 Å². The minimum absolute atomic E-state index is 0.0511. The van der Waals surface area contributed by atoms with Crippen molar-refractivity contribution in [2.75, 3.05) is 4.72 Å². The Kier molecular flexibility index (Phi) is 7.44. The molecule has 0 aliphatic rings. The molecule has 0 unspecified atom stereocenters. The molecule has 0 bridgehead atoms. The minimum atomic E-state index is -3.80. The average molecular weight is 468 g/mol. The summed E-state index contributed by atoms with van der Waals surface area (Å²) in [6.07, 6.45) is 0. The second-order valence-electron chi connectivity index (χ2n) is 9.27. The van der Waals surface area contributed by atoms with E-state index in [1.54, 1.807) is 0 Å². The van der Waals surface area contributed by atoms with Crippen LogP contribution in [-0.4, -0.2) is 13.4 Å². The highest BCUT2D eigenvalue weighted by atomic mass is 32.2. The summed E-state index contributed by atoms with van der Waals surface area (Å²) in [4.78, 5) is 4.47. The Morgan fingerprint density at radius 2 is 1.52 bits per heavy atom. The Hall–Kier alpha value is -2.90. The van der Waals surface area contributed by atoms with Crippen molar-refractivity contribution in [2.24, 2.45) is 0 Å². The van der Waals surface area contributed by atoms with Gasteiger partial charge in [-0.15, -0.1) is 0 Å². The number of aryl methyl sites for hydroxylation is 1. The van der Waals surface area contributed by atoms with Crippen molar-refractivity contribution in [1.82, 2.24) is 9.71 Å². The van der Waals surface area contributed by atoms with E-state index in [2.05, 4.69) is 35.2 Å². The maximum atomic E-state index is 12.7. The molecule has 7 heteroatoms. The summed E-state index contributed by atoms with van der Waals surface area (Å²) in [6.45, 7) is 12.6. The summed E-state index contributed by atoms with van der Waals surface area (Å²) in [5, 5.41) is 0. The standard InChI is InChI=1S/C26H33N3O3S/c1-18-19(2)25(28-20(3)24(18)32-17-22-10-8-7-9-11-22)29-33(30,31)27-16-21-12-14-23(15-13-21)26(4,5)6/h7-15,27H,16-17H2,1-6H3,(H,28,29). The Morgan fingerprint density at radius 1 is 0.879 bits per heavy atom. The zero-order valence-corrected chi connectivity index (χ0v) is 21.0. The molecule has 176 valence electrons. The maximum absolute atomic E-state index is 12.7. The van der Waals surface area contributed by atoms with E-state index < -0.39 is 10.2 Å². The number of anilines is 1. The van der Waals surface area contributed by atoms with Crippen LogP contribution in [0.4, 0.5) is 5.82 Å². The molecule has 0 aliphatic carbocycles. The quantitative estimate of drug-likeness (QED) is 0.469. The first kappa shape index (κ1) is 24.7. The van der Waals surface area contributed by atoms with Crippen LogP contribution < -0.4 is 14.2 Å². The van der Waals surface area contributed by atoms with Gasteiger partial charge in [0.25, 0.3) is 0 Å². The lowest BCUT2D eigenvalue weighted by Gasteiger charge is -2.19. The molecule has 6 nitrogen and oxygen atoms in total. The molecule has 2 N–H and O–H groups in total. The fourth-order valence-electron chi connectivity index (χ4n) is 3.43. The number of aromatic nitrogens is 1. The van der Waals surface area contributed by atoms with Crippen LogP contribution in [0.25, 0.3) is 0 Å². The molecule has 3 rings (SSSR count). The van der Waals surface area contributed by atoms with Gasteiger partial charge in [0.15, 0.2) is 0 Å². The first-order chi connectivity index (χ1) is 15.5. The summed E-state index contributed by atoms with van der Waals surface area (Å²) in [5.41, 5.74) is 5.40. The Labute approximate surface area is 197 Å². The van der Waals surface area contributed by atoms with Crippen LogP contribution in [0.1, 0.15) is 54.3 Å². The van der Waals surface area contributed by atoms with Crippen molar-refractivity contribution in [1.29, 1.82) is 0 Å². The van der Waals surface area contributed by atoms with Gasteiger partial charge in [0, 0.05) is 6.54 Å². The highest BCUT2D eigenvalue weighted by Crippen LogP contribution is 2.30. The van der Waals surface area contributed by atoms with E-state index in [4.69, 9.17) is 4.74 Å². The second-order valence-corrected chi connectivity index (χ2v) is 10.8. The van der Waals surface area contributed by atoms with Gasteiger partial charge in [-0.2, -0.15) is 13.1 Å². The van der Waals surface area contributed by atoms with E-state index in [0.29, 0.717) is 23.9 Å². The van der Waals surface area contributed by atoms with E-state index in [9.17, 15) is 8.42 Å². The minimum Gasteiger partial charge on any atom is -0.487 e. The van der Waals surface area contributed by atoms with E-state index in [0.717, 1.165) is 22.3 Å². The largest absolute Gasteiger partial charge is 0.487 e. The summed E-state index contributed by atoms with van der Waals surface area (Å²) in [6, 6.07) is 17.8. The van der Waals surface area contributed by atoms with Crippen LogP contribution in [0.15, 0.2) is 54.6 Å². The molecular weight excluding hydrogens is 434 g/mol. The number of nitrogens with one attached hydrogen (secondary N) is 2. The van der Waals surface area contributed by atoms with Crippen molar-refractivity contribution < 1.29 is 13.2 Å². The van der Waals surface area contributed by atoms with Gasteiger partial charge in [0.2, 0.25) is 0 Å². The Morgan fingerprint density at radius 3 is 2.12 bits per heavy atom. The normalized spacial score (nSPS) is 11.9. The molecule has 1 heterocycles. The number of hydrogen-bond donors (Lipinski definition) is 2. The number of pyridine rings is 1. The molecule has 0 amide bonds. The lowest BCUT2D eigenvalue weighted by Crippen LogP contribution is -2.30. The van der Waals surface area contributed by atoms with E-state index >= 15 is 0 Å². The zero-order valence-electron chi connectivity index (χ0n) is 20.2. The van der Waals surface area contributed by atoms with Gasteiger partial charge in [0.05, 0.1) is 5.69 Å². The highest BCUT2D eigenvalue weighted by Gasteiger charge is 2.18. The van der Waals surface area contributed by atoms with Crippen LogP contribution >= 0.6 is 0 Å². The van der Waals surface area contributed by atoms with Crippen molar-refractivity contribution >= 4 is 16.0 Å². The predicted octanol–water partition coefficient (Wildman–Crippen LogP) is 5.33. The van der Waals surface area contributed by atoms with Crippen molar-refractivity contribution in [3.63, 3.8) is 0 Å². The molecule has 0 spiro atoms. The number of benzene rings is 2. The predicted molar refractivity (Wildman–Crippen MR) is 134 cm³/mol. The fraction of sp³-hybridized carbons (Fsp3) is 0.346. The molecule has 33 heavy (non-hydrogen) atoms. The molecular formula is C26H33N3O3S. The number of ether oxygens (including phenoxy) is 1. The summed E-state index contributed by atoms with van der Waals surface area (Å²) in [7, 11) is -3.80. The SMILES string of the molecule is Cc1nc(NS(=O)(=O)NCc2ccc(C(C)(C)C)cc2)c(C)c(C)c1OCc1ccccc1. The van der Waals surface area contributed by atoms with Gasteiger partial charge in [0.1, 0.15) is 18.2 Å². The molecule has 0 radical (unpaired) electrons. The van der Waals surface area contributed by atoms with Crippen LogP contribution in [0.2, 0.25) is 0 Å². The van der Waals surface area contributed by atoms with Crippen LogP contribution in [0.5, 0.6) is 5.75 Å². The first-order valence-electron chi connectivity index (χ1n) is 11.0. The smallest absolute Gasteiger partial charge is 0.300 e. The van der Waals surface area contributed by atoms with Gasteiger partial charge in [-0.3, -0.25) is 4.72 Å². The van der Waals surface area contributed by atoms with Crippen LogP contribution in [0, 0.1) is 20.8 Å². The molecule has 0 saturated heterocycles. The lowest BCUT2D eigenvalue weighted by molar-refractivity contribution is 0.300. The van der Waals surface area contributed by atoms with E-state index in [-0.39, 0.29) is 12.0 Å². The Balaban J connectivity index is 1.68. The number of rotatable bonds is 8. The van der Waals surface area contributed by atoms with Crippen molar-refractivity contribution in [3.8, 4) is 5.75 Å². The summed E-state index contributed by atoms with van der Waals surface area (Å²) >= 11 is 0. The van der Waals surface area contributed by atoms with E-state index in [1.165, 1.54) is 5.56 Å². The fourth-order valence-corrected chi connectivity index (χ4v) is 4.31. The van der Waals surface area contributed by atoms with Gasteiger partial charge in [-0.25, -0.2) is 4.98 Å². The van der Waals surface area contributed by atoms with Crippen molar-refractivity contribution in [2.45, 2.75) is 60.1 Å². The lowest BCUT2D eigenvalue weighted by atomic mass is 9.87. The van der Waals surface area contributed by atoms with Crippen molar-refractivity contribution in [3.05, 3.63) is 88.1 Å². The molecule has 3 aromatic rings. The number of nitrogens with zero attached hydrogens (tertiary/aromatic N) is 1. The van der Waals surface area contributed by atoms with Crippen LogP contribution in [-0.2, 0) is 28.8 Å². The summed E-state index contributed by atoms with van der Waals surface area (Å²) < 4.78 is 36.5. The third-order valence-corrected chi connectivity index (χ3v) is 6.60. The third kappa shape index (κ3) is 6.55. The van der Waals surface area contributed by atoms with Gasteiger partial charge < -0.3 is 4.74 Å². The zero-order chi connectivity index (χ0) is 24.2. The number of hydrogen-bond acceptors (Lipinski definition) is 4. The van der Waals surface area contributed by atoms with Gasteiger partial charge in [-0.1, -0.05) is 75.4 Å².